The van der Waals surface area contributed by atoms with Gasteiger partial charge in [0.25, 0.3) is 0 Å². The summed E-state index contributed by atoms with van der Waals surface area (Å²) in [5.74, 6) is -0.728. The van der Waals surface area contributed by atoms with Crippen molar-refractivity contribution in [3.63, 3.8) is 0 Å². The van der Waals surface area contributed by atoms with Gasteiger partial charge in [0, 0.05) is 31.2 Å². The van der Waals surface area contributed by atoms with Gasteiger partial charge in [-0.25, -0.2) is 13.4 Å². The first-order valence-corrected chi connectivity index (χ1v) is 10.3. The van der Waals surface area contributed by atoms with Crippen LogP contribution in [0.3, 0.4) is 0 Å². The average Bonchev–Trinajstić information content (AvgIpc) is 3.07. The third kappa shape index (κ3) is 4.27. The lowest BCUT2D eigenvalue weighted by molar-refractivity contribution is -0.138. The van der Waals surface area contributed by atoms with Gasteiger partial charge in [-0.3, -0.25) is 9.97 Å². The summed E-state index contributed by atoms with van der Waals surface area (Å²) in [5.41, 5.74) is -3.08. The van der Waals surface area contributed by atoms with Crippen molar-refractivity contribution in [3.05, 3.63) is 48.0 Å². The van der Waals surface area contributed by atoms with Crippen LogP contribution in [0, 0.1) is 0 Å². The minimum Gasteiger partial charge on any atom is -0.326 e. The van der Waals surface area contributed by atoms with Crippen molar-refractivity contribution in [2.75, 3.05) is 5.75 Å². The molecule has 166 valence electrons. The van der Waals surface area contributed by atoms with Crippen LogP contribution in [0.5, 0.6) is 0 Å². The Hall–Kier alpha value is -2.96. The highest BCUT2D eigenvalue weighted by Crippen LogP contribution is 2.38. The van der Waals surface area contributed by atoms with Gasteiger partial charge in [0.1, 0.15) is 5.69 Å². The number of imidazole rings is 1. The van der Waals surface area contributed by atoms with E-state index in [0.29, 0.717) is 12.3 Å². The van der Waals surface area contributed by atoms with Gasteiger partial charge in [0.15, 0.2) is 15.7 Å². The Balaban J connectivity index is 2.25. The van der Waals surface area contributed by atoms with E-state index in [2.05, 4.69) is 15.0 Å². The maximum absolute atomic E-state index is 13.4. The third-order valence-corrected chi connectivity index (χ3v) is 6.24. The highest BCUT2D eigenvalue weighted by molar-refractivity contribution is 7.91. The van der Waals surface area contributed by atoms with E-state index >= 15 is 0 Å². The van der Waals surface area contributed by atoms with Crippen molar-refractivity contribution in [1.29, 1.82) is 0 Å². The lowest BCUT2D eigenvalue weighted by Gasteiger charge is -2.14. The molecule has 0 aliphatic carbocycles. The molecule has 3 aromatic heterocycles. The van der Waals surface area contributed by atoms with Gasteiger partial charge in [-0.05, 0) is 12.1 Å². The van der Waals surface area contributed by atoms with E-state index in [0.717, 1.165) is 29.2 Å². The first-order valence-electron chi connectivity index (χ1n) is 8.61. The number of rotatable bonds is 4. The molecule has 3 aromatic rings. The number of sulfone groups is 1. The minimum atomic E-state index is -4.84. The van der Waals surface area contributed by atoms with E-state index in [1.54, 1.807) is 0 Å². The molecule has 0 bridgehead atoms. The highest BCUT2D eigenvalue weighted by Gasteiger charge is 2.36. The summed E-state index contributed by atoms with van der Waals surface area (Å²) in [6.07, 6.45) is -6.12. The van der Waals surface area contributed by atoms with E-state index in [-0.39, 0.29) is 17.1 Å². The van der Waals surface area contributed by atoms with Gasteiger partial charge in [-0.2, -0.15) is 26.3 Å². The quantitative estimate of drug-likeness (QED) is 0.536. The molecule has 0 radical (unpaired) electrons. The molecule has 0 saturated heterocycles. The molecular formula is C18H14F6N4O2S. The van der Waals surface area contributed by atoms with Crippen molar-refractivity contribution < 1.29 is 34.8 Å². The number of nitrogens with zero attached hydrogens (tertiary/aromatic N) is 4. The molecule has 6 nitrogen and oxygen atoms in total. The summed E-state index contributed by atoms with van der Waals surface area (Å²) in [6.45, 7) is 1.24. The fourth-order valence-electron chi connectivity index (χ4n) is 2.89. The number of hydrogen-bond donors (Lipinski definition) is 0. The third-order valence-electron chi connectivity index (χ3n) is 4.50. The van der Waals surface area contributed by atoms with E-state index in [9.17, 15) is 34.8 Å². The highest BCUT2D eigenvalue weighted by atomic mass is 32.2. The Morgan fingerprint density at radius 1 is 1.00 bits per heavy atom. The molecule has 3 heterocycles. The van der Waals surface area contributed by atoms with Gasteiger partial charge in [0.2, 0.25) is 0 Å². The van der Waals surface area contributed by atoms with E-state index in [1.165, 1.54) is 14.0 Å². The van der Waals surface area contributed by atoms with Gasteiger partial charge in [0.05, 0.1) is 33.7 Å². The lowest BCUT2D eigenvalue weighted by atomic mass is 10.1. The van der Waals surface area contributed by atoms with Gasteiger partial charge in [-0.1, -0.05) is 6.92 Å². The molecule has 0 atom stereocenters. The Morgan fingerprint density at radius 3 is 2.26 bits per heavy atom. The molecule has 31 heavy (non-hydrogen) atoms. The molecule has 0 unspecified atom stereocenters. The van der Waals surface area contributed by atoms with E-state index in [1.807, 2.05) is 0 Å². The normalized spacial score (nSPS) is 12.9. The number of aromatic nitrogens is 4. The van der Waals surface area contributed by atoms with Crippen LogP contribution in [0.15, 0.2) is 41.8 Å². The maximum Gasteiger partial charge on any atom is 0.417 e. The Morgan fingerprint density at radius 2 is 1.68 bits per heavy atom. The first-order chi connectivity index (χ1) is 14.3. The summed E-state index contributed by atoms with van der Waals surface area (Å²) >= 11 is 0. The fraction of sp³-hybridized carbons (Fsp3) is 0.278. The van der Waals surface area contributed by atoms with Crippen LogP contribution < -0.4 is 0 Å². The largest absolute Gasteiger partial charge is 0.417 e. The molecule has 3 rings (SSSR count). The molecule has 0 saturated carbocycles. The van der Waals surface area contributed by atoms with Crippen molar-refractivity contribution in [3.8, 4) is 22.8 Å². The fourth-order valence-corrected chi connectivity index (χ4v) is 3.94. The van der Waals surface area contributed by atoms with Crippen LogP contribution in [-0.4, -0.2) is 33.7 Å². The zero-order chi connectivity index (χ0) is 23.2. The van der Waals surface area contributed by atoms with Crippen LogP contribution >= 0.6 is 0 Å². The molecule has 0 spiro atoms. The second-order valence-electron chi connectivity index (χ2n) is 6.42. The van der Waals surface area contributed by atoms with E-state index in [4.69, 9.17) is 0 Å². The number of alkyl halides is 6. The zero-order valence-corrected chi connectivity index (χ0v) is 16.8. The predicted octanol–water partition coefficient (Wildman–Crippen LogP) is 4.38. The van der Waals surface area contributed by atoms with Gasteiger partial charge >= 0.3 is 12.4 Å². The van der Waals surface area contributed by atoms with Crippen LogP contribution in [0.25, 0.3) is 22.8 Å². The van der Waals surface area contributed by atoms with Crippen molar-refractivity contribution >= 4 is 9.84 Å². The Kier molecular flexibility index (Phi) is 5.59. The Labute approximate surface area is 172 Å². The molecule has 0 fully saturated rings. The summed E-state index contributed by atoms with van der Waals surface area (Å²) < 4.78 is 105. The summed E-state index contributed by atoms with van der Waals surface area (Å²) in [5, 5.41) is 0. The molecule has 0 N–H and O–H groups in total. The van der Waals surface area contributed by atoms with Crippen molar-refractivity contribution in [2.45, 2.75) is 24.2 Å². The van der Waals surface area contributed by atoms with Gasteiger partial charge in [-0.15, -0.1) is 0 Å². The zero-order valence-electron chi connectivity index (χ0n) is 16.0. The summed E-state index contributed by atoms with van der Waals surface area (Å²) in [7, 11) is -2.87. The predicted molar refractivity (Wildman–Crippen MR) is 97.4 cm³/mol. The Bertz CT molecular complexity index is 1230. The smallest absolute Gasteiger partial charge is 0.326 e. The van der Waals surface area contributed by atoms with Crippen molar-refractivity contribution in [2.24, 2.45) is 7.05 Å². The van der Waals surface area contributed by atoms with Crippen molar-refractivity contribution in [1.82, 2.24) is 19.5 Å². The summed E-state index contributed by atoms with van der Waals surface area (Å²) in [4.78, 5) is 10.6. The monoisotopic (exact) mass is 464 g/mol. The average molecular weight is 464 g/mol. The number of halogens is 6. The second kappa shape index (κ2) is 7.62. The second-order valence-corrected chi connectivity index (χ2v) is 8.66. The molecule has 0 aromatic carbocycles. The van der Waals surface area contributed by atoms with Crippen LogP contribution in [0.1, 0.15) is 18.1 Å². The molecule has 0 amide bonds. The van der Waals surface area contributed by atoms with Crippen LogP contribution in [0.4, 0.5) is 26.3 Å². The SMILES string of the molecule is CCS(=O)(=O)c1cc(C(F)(F)F)cnc1-c1ncc(-c2cnccc2C(F)(F)F)n1C. The summed E-state index contributed by atoms with van der Waals surface area (Å²) in [6, 6.07) is 1.21. The molecule has 0 aliphatic rings. The maximum atomic E-state index is 13.4. The number of hydrogen-bond acceptors (Lipinski definition) is 5. The molecular weight excluding hydrogens is 450 g/mol. The van der Waals surface area contributed by atoms with Crippen LogP contribution in [0.2, 0.25) is 0 Å². The standard InChI is InChI=1S/C18H14F6N4O2S/c1-3-31(29,30)14-6-10(17(19,20)21)7-26-15(14)16-27-9-13(28(16)2)11-8-25-5-4-12(11)18(22,23)24/h4-9H,3H2,1-2H3. The first kappa shape index (κ1) is 22.7. The topological polar surface area (TPSA) is 77.7 Å². The van der Waals surface area contributed by atoms with E-state index < -0.39 is 49.7 Å². The minimum absolute atomic E-state index is 0.0723. The van der Waals surface area contributed by atoms with Gasteiger partial charge < -0.3 is 4.57 Å². The molecule has 13 heteroatoms. The molecule has 0 aliphatic heterocycles. The van der Waals surface area contributed by atoms with Crippen LogP contribution in [-0.2, 0) is 29.2 Å². The number of pyridine rings is 2. The lowest BCUT2D eigenvalue weighted by Crippen LogP contribution is -2.13.